The zero-order chi connectivity index (χ0) is 20.8. The number of hydrogen-bond donors (Lipinski definition) is 3. The number of aromatic nitrogens is 5. The van der Waals surface area contributed by atoms with Crippen molar-refractivity contribution >= 4 is 17.9 Å². The Bertz CT molecular complexity index is 1030. The average Bonchev–Trinajstić information content (AvgIpc) is 3.30. The summed E-state index contributed by atoms with van der Waals surface area (Å²) in [5.41, 5.74) is 9.34. The molecule has 0 unspecified atom stereocenters. The van der Waals surface area contributed by atoms with E-state index < -0.39 is 5.91 Å². The summed E-state index contributed by atoms with van der Waals surface area (Å²) in [6, 6.07) is 4.72. The highest BCUT2D eigenvalue weighted by Crippen LogP contribution is 2.26. The Hall–Kier alpha value is -3.96. The van der Waals surface area contributed by atoms with Crippen LogP contribution in [0.25, 0.3) is 5.82 Å². The maximum absolute atomic E-state index is 12.5. The number of phenolic OH excluding ortho intramolecular Hbond substituents is 1. The maximum atomic E-state index is 12.5. The molecule has 4 N–H and O–H groups in total. The van der Waals surface area contributed by atoms with Gasteiger partial charge in [-0.2, -0.15) is 9.78 Å². The predicted octanol–water partition coefficient (Wildman–Crippen LogP) is 1.05. The normalized spacial score (nSPS) is 11.1. The van der Waals surface area contributed by atoms with Crippen LogP contribution in [0.1, 0.15) is 42.0 Å². The number of phenols is 1. The van der Waals surface area contributed by atoms with Crippen molar-refractivity contribution in [3.8, 4) is 17.3 Å². The lowest BCUT2D eigenvalue weighted by molar-refractivity contribution is 0.0949. The molecule has 29 heavy (non-hydrogen) atoms. The number of nitrogen functional groups attached to an aromatic ring is 1. The van der Waals surface area contributed by atoms with Crippen molar-refractivity contribution in [1.29, 1.82) is 0 Å². The predicted molar refractivity (Wildman–Crippen MR) is 102 cm³/mol. The lowest BCUT2D eigenvalue weighted by Gasteiger charge is -2.06. The molecule has 0 aliphatic rings. The Labute approximate surface area is 165 Å². The minimum atomic E-state index is -0.546. The number of anilines is 1. The summed E-state index contributed by atoms with van der Waals surface area (Å²) in [4.78, 5) is 12.5. The van der Waals surface area contributed by atoms with Crippen LogP contribution in [-0.2, 0) is 6.42 Å². The second-order valence-electron chi connectivity index (χ2n) is 5.88. The zero-order valence-electron chi connectivity index (χ0n) is 15.9. The third-order valence-corrected chi connectivity index (χ3v) is 3.82. The number of carbonyl (C=O) groups excluding carboxylic acids is 1. The largest absolute Gasteiger partial charge is 0.504 e. The van der Waals surface area contributed by atoms with E-state index in [0.29, 0.717) is 30.0 Å². The second-order valence-corrected chi connectivity index (χ2v) is 5.88. The van der Waals surface area contributed by atoms with Gasteiger partial charge in [0.15, 0.2) is 17.2 Å². The van der Waals surface area contributed by atoms with E-state index >= 15 is 0 Å². The van der Waals surface area contributed by atoms with Gasteiger partial charge < -0.3 is 15.6 Å². The van der Waals surface area contributed by atoms with Crippen LogP contribution in [0.4, 0.5) is 5.82 Å². The average molecular weight is 400 g/mol. The van der Waals surface area contributed by atoms with E-state index in [1.807, 2.05) is 13.8 Å². The summed E-state index contributed by atoms with van der Waals surface area (Å²) >= 11 is 0. The molecule has 0 saturated carbocycles. The molecule has 0 saturated heterocycles. The second kappa shape index (κ2) is 8.82. The van der Waals surface area contributed by atoms with E-state index in [1.54, 1.807) is 12.1 Å². The Morgan fingerprint density at radius 1 is 1.41 bits per heavy atom. The quantitative estimate of drug-likeness (QED) is 0.370. The smallest absolute Gasteiger partial charge is 0.293 e. The first kappa shape index (κ1) is 19.8. The summed E-state index contributed by atoms with van der Waals surface area (Å²) in [5.74, 6) is 0.00531. The van der Waals surface area contributed by atoms with Gasteiger partial charge in [0.25, 0.3) is 5.91 Å². The lowest BCUT2D eigenvalue weighted by atomic mass is 10.2. The van der Waals surface area contributed by atoms with Gasteiger partial charge in [-0.05, 0) is 47.4 Å². The zero-order valence-corrected chi connectivity index (χ0v) is 15.9. The van der Waals surface area contributed by atoms with E-state index in [-0.39, 0.29) is 23.1 Å². The highest BCUT2D eigenvalue weighted by Gasteiger charge is 2.23. The fraction of sp³-hybridized carbons (Fsp3) is 0.294. The molecule has 1 aromatic carbocycles. The van der Waals surface area contributed by atoms with Gasteiger partial charge in [-0.1, -0.05) is 18.6 Å². The number of benzene rings is 1. The van der Waals surface area contributed by atoms with Crippen molar-refractivity contribution in [3.05, 3.63) is 35.2 Å². The maximum Gasteiger partial charge on any atom is 0.293 e. The number of nitrogens with zero attached hydrogens (tertiary/aromatic N) is 6. The molecule has 152 valence electrons. The number of nitrogens with two attached hydrogens (primary N) is 1. The highest BCUT2D eigenvalue weighted by atomic mass is 16.6. The Kier molecular flexibility index (Phi) is 6.02. The number of nitrogens with one attached hydrogen (secondary N) is 1. The summed E-state index contributed by atoms with van der Waals surface area (Å²) in [5, 5.41) is 28.7. The topological polar surface area (TPSA) is 167 Å². The molecule has 2 heterocycles. The molecule has 0 atom stereocenters. The Morgan fingerprint density at radius 3 is 2.93 bits per heavy atom. The van der Waals surface area contributed by atoms with Crippen LogP contribution in [0.3, 0.4) is 0 Å². The summed E-state index contributed by atoms with van der Waals surface area (Å²) in [6.07, 6.45) is 2.65. The lowest BCUT2D eigenvalue weighted by Crippen LogP contribution is -2.20. The van der Waals surface area contributed by atoms with Gasteiger partial charge in [0.2, 0.25) is 11.6 Å². The van der Waals surface area contributed by atoms with Crippen molar-refractivity contribution in [2.24, 2.45) is 5.10 Å². The van der Waals surface area contributed by atoms with Crippen LogP contribution >= 0.6 is 0 Å². The third-order valence-electron chi connectivity index (χ3n) is 3.82. The number of carbonyl (C=O) groups is 1. The number of amides is 1. The minimum Gasteiger partial charge on any atom is -0.504 e. The highest BCUT2D eigenvalue weighted by molar-refractivity contribution is 5.94. The fourth-order valence-electron chi connectivity index (χ4n) is 2.55. The Morgan fingerprint density at radius 2 is 2.24 bits per heavy atom. The molecule has 12 nitrogen and oxygen atoms in total. The number of hydrogen-bond acceptors (Lipinski definition) is 10. The number of aromatic hydroxyl groups is 1. The molecule has 0 fully saturated rings. The van der Waals surface area contributed by atoms with Gasteiger partial charge in [0.05, 0.1) is 18.5 Å². The van der Waals surface area contributed by atoms with E-state index in [1.165, 1.54) is 17.0 Å². The first-order valence-electron chi connectivity index (χ1n) is 8.87. The van der Waals surface area contributed by atoms with Crippen molar-refractivity contribution in [2.45, 2.75) is 26.7 Å². The minimum absolute atomic E-state index is 0.0236. The first-order valence-corrected chi connectivity index (χ1v) is 8.87. The van der Waals surface area contributed by atoms with E-state index in [2.05, 4.69) is 35.8 Å². The standard InChI is InChI=1S/C17H20N8O4/c1-3-5-11-14(20-24-25(11)16-15(18)22-29-23-16)17(27)21-19-9-10-6-7-12(26)13(8-10)28-4-2/h6-9,26H,3-5H2,1-2H3,(H2,18,22)(H,21,27)/b19-9-. The molecule has 3 aromatic rings. The summed E-state index contributed by atoms with van der Waals surface area (Å²) in [7, 11) is 0. The molecule has 12 heteroatoms. The van der Waals surface area contributed by atoms with Crippen molar-refractivity contribution < 1.29 is 19.3 Å². The first-order chi connectivity index (χ1) is 14.0. The van der Waals surface area contributed by atoms with Crippen LogP contribution in [0.2, 0.25) is 0 Å². The molecular formula is C17H20N8O4. The number of ether oxygens (including phenoxy) is 1. The molecule has 1 amide bonds. The van der Waals surface area contributed by atoms with Gasteiger partial charge >= 0.3 is 0 Å². The third kappa shape index (κ3) is 4.31. The van der Waals surface area contributed by atoms with Crippen LogP contribution in [0.15, 0.2) is 27.9 Å². The number of rotatable bonds is 8. The molecule has 2 aromatic heterocycles. The molecule has 0 aliphatic heterocycles. The van der Waals surface area contributed by atoms with E-state index in [4.69, 9.17) is 10.5 Å². The van der Waals surface area contributed by atoms with Crippen LogP contribution in [0, 0.1) is 0 Å². The van der Waals surface area contributed by atoms with Crippen LogP contribution in [-0.4, -0.2) is 49.1 Å². The summed E-state index contributed by atoms with van der Waals surface area (Å²) in [6.45, 7) is 4.17. The fourth-order valence-corrected chi connectivity index (χ4v) is 2.55. The molecule has 0 spiro atoms. The molecule has 0 bridgehead atoms. The van der Waals surface area contributed by atoms with Gasteiger partial charge in [-0.3, -0.25) is 4.79 Å². The van der Waals surface area contributed by atoms with Gasteiger partial charge in [0, 0.05) is 0 Å². The summed E-state index contributed by atoms with van der Waals surface area (Å²) < 4.78 is 11.2. The van der Waals surface area contributed by atoms with Gasteiger partial charge in [-0.15, -0.1) is 5.10 Å². The number of hydrazone groups is 1. The van der Waals surface area contributed by atoms with Crippen molar-refractivity contribution in [2.75, 3.05) is 12.3 Å². The van der Waals surface area contributed by atoms with E-state index in [9.17, 15) is 9.90 Å². The Balaban J connectivity index is 1.77. The van der Waals surface area contributed by atoms with Crippen LogP contribution in [0.5, 0.6) is 11.5 Å². The van der Waals surface area contributed by atoms with Crippen molar-refractivity contribution in [3.63, 3.8) is 0 Å². The molecular weight excluding hydrogens is 380 g/mol. The molecule has 3 rings (SSSR count). The molecule has 0 radical (unpaired) electrons. The molecule has 0 aliphatic carbocycles. The SMILES string of the molecule is CCCc1c(C(=O)N/N=C\c2ccc(O)c(OCC)c2)nnn1-c1nonc1N. The monoisotopic (exact) mass is 400 g/mol. The van der Waals surface area contributed by atoms with E-state index in [0.717, 1.165) is 6.42 Å². The van der Waals surface area contributed by atoms with Gasteiger partial charge in [-0.25, -0.2) is 10.1 Å². The van der Waals surface area contributed by atoms with Gasteiger partial charge in [0.1, 0.15) is 0 Å². The van der Waals surface area contributed by atoms with Crippen LogP contribution < -0.4 is 15.9 Å². The van der Waals surface area contributed by atoms with Crippen molar-refractivity contribution in [1.82, 2.24) is 30.7 Å².